The molecule has 5 heteroatoms. The molecule has 0 spiro atoms. The van der Waals surface area contributed by atoms with Crippen molar-refractivity contribution in [2.75, 3.05) is 7.05 Å². The summed E-state index contributed by atoms with van der Waals surface area (Å²) in [4.78, 5) is 14.3. The van der Waals surface area contributed by atoms with Gasteiger partial charge in [-0.1, -0.05) is 35.2 Å². The van der Waals surface area contributed by atoms with Gasteiger partial charge in [-0.2, -0.15) is 5.26 Å². The average molecular weight is 400 g/mol. The summed E-state index contributed by atoms with van der Waals surface area (Å²) in [5.41, 5.74) is -0.0575. The summed E-state index contributed by atoms with van der Waals surface area (Å²) in [7, 11) is 1.74. The van der Waals surface area contributed by atoms with Crippen LogP contribution in [0.25, 0.3) is 0 Å². The number of halogens is 2. The smallest absolute Gasteiger partial charge is 0.256 e. The molecule has 2 rings (SSSR count). The van der Waals surface area contributed by atoms with Crippen molar-refractivity contribution in [1.29, 1.82) is 5.26 Å². The second-order valence-electron chi connectivity index (χ2n) is 5.19. The highest BCUT2D eigenvalue weighted by Gasteiger charge is 2.39. The first-order chi connectivity index (χ1) is 9.50. The predicted octanol–water partition coefficient (Wildman–Crippen LogP) is 4.51. The van der Waals surface area contributed by atoms with Gasteiger partial charge in [0, 0.05) is 16.0 Å². The zero-order valence-corrected chi connectivity index (χ0v) is 14.5. The fourth-order valence-electron chi connectivity index (χ4n) is 2.70. The third kappa shape index (κ3) is 2.91. The number of benzene rings is 1. The molecule has 0 N–H and O–H groups in total. The number of rotatable bonds is 2. The lowest BCUT2D eigenvalue weighted by Gasteiger charge is -2.39. The molecule has 1 aromatic rings. The summed E-state index contributed by atoms with van der Waals surface area (Å²) in [6.45, 7) is 0. The molecule has 1 saturated carbocycles. The van der Waals surface area contributed by atoms with Crippen LogP contribution in [0, 0.1) is 11.3 Å². The molecule has 1 aliphatic rings. The van der Waals surface area contributed by atoms with E-state index in [1.54, 1.807) is 18.0 Å². The first kappa shape index (κ1) is 15.5. The lowest BCUT2D eigenvalue weighted by atomic mass is 9.81. The van der Waals surface area contributed by atoms with E-state index in [2.05, 4.69) is 37.9 Å². The molecular formula is C15H16Br2N2O. The van der Waals surface area contributed by atoms with Crippen molar-refractivity contribution in [1.82, 2.24) is 4.90 Å². The number of nitriles is 1. The summed E-state index contributed by atoms with van der Waals surface area (Å²) >= 11 is 6.80. The van der Waals surface area contributed by atoms with E-state index in [9.17, 15) is 10.1 Å². The predicted molar refractivity (Wildman–Crippen MR) is 85.4 cm³/mol. The monoisotopic (exact) mass is 398 g/mol. The minimum Gasteiger partial charge on any atom is -0.323 e. The Morgan fingerprint density at radius 2 is 1.95 bits per heavy atom. The Balaban J connectivity index is 2.30. The first-order valence-corrected chi connectivity index (χ1v) is 8.23. The number of carbonyl (C=O) groups is 1. The Morgan fingerprint density at radius 1 is 1.30 bits per heavy atom. The molecule has 1 aliphatic carbocycles. The molecule has 0 heterocycles. The Bertz CT molecular complexity index is 559. The van der Waals surface area contributed by atoms with Gasteiger partial charge in [-0.25, -0.2) is 0 Å². The van der Waals surface area contributed by atoms with Crippen LogP contribution >= 0.6 is 31.9 Å². The SMILES string of the molecule is CN(C(=O)c1ccc(Br)cc1Br)C1(C#N)CCCCC1. The van der Waals surface area contributed by atoms with Crippen LogP contribution in [-0.4, -0.2) is 23.4 Å². The molecule has 0 saturated heterocycles. The Kier molecular flexibility index (Phi) is 4.87. The van der Waals surface area contributed by atoms with Crippen LogP contribution in [0.15, 0.2) is 27.1 Å². The molecule has 0 bridgehead atoms. The molecule has 0 aromatic heterocycles. The van der Waals surface area contributed by atoms with E-state index in [4.69, 9.17) is 0 Å². The normalized spacial score (nSPS) is 17.3. The number of amides is 1. The summed E-state index contributed by atoms with van der Waals surface area (Å²) in [5, 5.41) is 9.56. The third-order valence-corrected chi connectivity index (χ3v) is 5.15. The molecule has 3 nitrogen and oxygen atoms in total. The molecule has 0 unspecified atom stereocenters. The van der Waals surface area contributed by atoms with E-state index in [-0.39, 0.29) is 5.91 Å². The molecule has 1 aromatic carbocycles. The molecule has 1 fully saturated rings. The highest BCUT2D eigenvalue weighted by Crippen LogP contribution is 2.34. The number of hydrogen-bond acceptors (Lipinski definition) is 2. The molecule has 0 atom stereocenters. The van der Waals surface area contributed by atoms with Crippen LogP contribution in [-0.2, 0) is 0 Å². The Labute approximate surface area is 136 Å². The van der Waals surface area contributed by atoms with Crippen molar-refractivity contribution in [3.63, 3.8) is 0 Å². The van der Waals surface area contributed by atoms with Crippen LogP contribution in [0.3, 0.4) is 0 Å². The zero-order valence-electron chi connectivity index (χ0n) is 11.3. The summed E-state index contributed by atoms with van der Waals surface area (Å²) in [6, 6.07) is 7.85. The molecule has 106 valence electrons. The van der Waals surface area contributed by atoms with Gasteiger partial charge in [0.1, 0.15) is 5.54 Å². The van der Waals surface area contributed by atoms with Crippen molar-refractivity contribution in [3.05, 3.63) is 32.7 Å². The maximum Gasteiger partial charge on any atom is 0.256 e. The van der Waals surface area contributed by atoms with Crippen molar-refractivity contribution < 1.29 is 4.79 Å². The average Bonchev–Trinajstić information content (AvgIpc) is 2.46. The van der Waals surface area contributed by atoms with Gasteiger partial charge < -0.3 is 4.90 Å². The van der Waals surface area contributed by atoms with E-state index in [1.807, 2.05) is 12.1 Å². The van der Waals surface area contributed by atoms with Crippen LogP contribution < -0.4 is 0 Å². The van der Waals surface area contributed by atoms with Crippen molar-refractivity contribution in [2.45, 2.75) is 37.6 Å². The van der Waals surface area contributed by atoms with Crippen LogP contribution in [0.2, 0.25) is 0 Å². The van der Waals surface area contributed by atoms with Gasteiger partial charge in [0.2, 0.25) is 0 Å². The molecular weight excluding hydrogens is 384 g/mol. The van der Waals surface area contributed by atoms with Gasteiger partial charge in [0.25, 0.3) is 5.91 Å². The topological polar surface area (TPSA) is 44.1 Å². The van der Waals surface area contributed by atoms with Gasteiger partial charge >= 0.3 is 0 Å². The second kappa shape index (κ2) is 6.28. The third-order valence-electron chi connectivity index (χ3n) is 4.00. The molecule has 0 radical (unpaired) electrons. The fourth-order valence-corrected chi connectivity index (χ4v) is 3.91. The van der Waals surface area contributed by atoms with E-state index in [0.29, 0.717) is 5.56 Å². The number of hydrogen-bond donors (Lipinski definition) is 0. The van der Waals surface area contributed by atoms with Gasteiger partial charge in [-0.05, 0) is 47.0 Å². The summed E-state index contributed by atoms with van der Waals surface area (Å²) in [6.07, 6.45) is 4.69. The highest BCUT2D eigenvalue weighted by molar-refractivity contribution is 9.11. The van der Waals surface area contributed by atoms with Crippen molar-refractivity contribution in [3.8, 4) is 6.07 Å². The largest absolute Gasteiger partial charge is 0.323 e. The van der Waals surface area contributed by atoms with Gasteiger partial charge in [-0.15, -0.1) is 0 Å². The van der Waals surface area contributed by atoms with Crippen LogP contribution in [0.1, 0.15) is 42.5 Å². The lowest BCUT2D eigenvalue weighted by molar-refractivity contribution is 0.0588. The Hall–Kier alpha value is -0.860. The Morgan fingerprint density at radius 3 is 2.50 bits per heavy atom. The molecule has 0 aliphatic heterocycles. The molecule has 1 amide bonds. The van der Waals surface area contributed by atoms with E-state index in [0.717, 1.165) is 41.0 Å². The lowest BCUT2D eigenvalue weighted by Crippen LogP contribution is -2.49. The minimum atomic E-state index is -0.651. The van der Waals surface area contributed by atoms with E-state index in [1.165, 1.54) is 0 Å². The standard InChI is InChI=1S/C15H16Br2N2O/c1-19(15(10-18)7-3-2-4-8-15)14(20)12-6-5-11(16)9-13(12)17/h5-6,9H,2-4,7-8H2,1H3. The van der Waals surface area contributed by atoms with Gasteiger partial charge in [0.15, 0.2) is 0 Å². The zero-order chi connectivity index (χ0) is 14.8. The molecule has 20 heavy (non-hydrogen) atoms. The highest BCUT2D eigenvalue weighted by atomic mass is 79.9. The van der Waals surface area contributed by atoms with Gasteiger partial charge in [0.05, 0.1) is 11.6 Å². The number of carbonyl (C=O) groups excluding carboxylic acids is 1. The van der Waals surface area contributed by atoms with Crippen molar-refractivity contribution in [2.24, 2.45) is 0 Å². The van der Waals surface area contributed by atoms with E-state index >= 15 is 0 Å². The maximum absolute atomic E-state index is 12.7. The minimum absolute atomic E-state index is 0.104. The summed E-state index contributed by atoms with van der Waals surface area (Å²) < 4.78 is 1.66. The van der Waals surface area contributed by atoms with E-state index < -0.39 is 5.54 Å². The second-order valence-corrected chi connectivity index (χ2v) is 6.96. The quantitative estimate of drug-likeness (QED) is 0.734. The maximum atomic E-state index is 12.7. The van der Waals surface area contributed by atoms with Crippen LogP contribution in [0.5, 0.6) is 0 Å². The first-order valence-electron chi connectivity index (χ1n) is 6.65. The van der Waals surface area contributed by atoms with Gasteiger partial charge in [-0.3, -0.25) is 4.79 Å². The van der Waals surface area contributed by atoms with Crippen molar-refractivity contribution >= 4 is 37.8 Å². The number of nitrogens with zero attached hydrogens (tertiary/aromatic N) is 2. The summed E-state index contributed by atoms with van der Waals surface area (Å²) in [5.74, 6) is -0.104. The fraction of sp³-hybridized carbons (Fsp3) is 0.467. The van der Waals surface area contributed by atoms with Crippen LogP contribution in [0.4, 0.5) is 0 Å².